The van der Waals surface area contributed by atoms with Gasteiger partial charge in [-0.1, -0.05) is 41.4 Å². The van der Waals surface area contributed by atoms with Crippen LogP contribution >= 0.6 is 23.2 Å². The van der Waals surface area contributed by atoms with Crippen molar-refractivity contribution < 1.29 is 23.8 Å². The van der Waals surface area contributed by atoms with Crippen LogP contribution in [0.4, 0.5) is 0 Å². The molecule has 9 heteroatoms. The van der Waals surface area contributed by atoms with E-state index in [9.17, 15) is 9.59 Å². The Morgan fingerprint density at radius 2 is 1.85 bits per heavy atom. The SMILES string of the molecule is CC(Oc1cccc(Cl)c1Cl)C(=O)NNC(=O)C1COc2ccccc2O1. The number of hydrazine groups is 1. The summed E-state index contributed by atoms with van der Waals surface area (Å²) in [6.45, 7) is 1.54. The lowest BCUT2D eigenvalue weighted by Gasteiger charge is -2.25. The third kappa shape index (κ3) is 4.56. The fourth-order valence-electron chi connectivity index (χ4n) is 2.27. The van der Waals surface area contributed by atoms with Gasteiger partial charge in [0.2, 0.25) is 6.10 Å². The van der Waals surface area contributed by atoms with Crippen molar-refractivity contribution >= 4 is 35.0 Å². The fraction of sp³-hybridized carbons (Fsp3) is 0.222. The Hall–Kier alpha value is -2.64. The van der Waals surface area contributed by atoms with Gasteiger partial charge in [-0.2, -0.15) is 0 Å². The number of fused-ring (bicyclic) bond motifs is 1. The predicted octanol–water partition coefficient (Wildman–Crippen LogP) is 2.75. The summed E-state index contributed by atoms with van der Waals surface area (Å²) in [5.41, 5.74) is 4.58. The van der Waals surface area contributed by atoms with Crippen molar-refractivity contribution in [2.45, 2.75) is 19.1 Å². The molecule has 7 nitrogen and oxygen atoms in total. The van der Waals surface area contributed by atoms with Crippen molar-refractivity contribution in [3.05, 3.63) is 52.5 Å². The number of hydrogen-bond acceptors (Lipinski definition) is 5. The van der Waals surface area contributed by atoms with Gasteiger partial charge in [-0.05, 0) is 31.2 Å². The van der Waals surface area contributed by atoms with Crippen LogP contribution in [0.2, 0.25) is 10.0 Å². The zero-order valence-corrected chi connectivity index (χ0v) is 15.7. The number of halogens is 2. The van der Waals surface area contributed by atoms with Gasteiger partial charge in [0.25, 0.3) is 11.8 Å². The van der Waals surface area contributed by atoms with Crippen LogP contribution in [0.3, 0.4) is 0 Å². The molecular weight excluding hydrogens is 395 g/mol. The molecule has 1 heterocycles. The second-order valence-electron chi connectivity index (χ2n) is 5.65. The summed E-state index contributed by atoms with van der Waals surface area (Å²) in [4.78, 5) is 24.3. The van der Waals surface area contributed by atoms with Crippen LogP contribution < -0.4 is 25.1 Å². The number of benzene rings is 2. The third-order valence-electron chi connectivity index (χ3n) is 3.70. The van der Waals surface area contributed by atoms with E-state index in [1.54, 1.807) is 42.5 Å². The molecule has 142 valence electrons. The van der Waals surface area contributed by atoms with Gasteiger partial charge in [0.1, 0.15) is 17.4 Å². The van der Waals surface area contributed by atoms with E-state index < -0.39 is 24.0 Å². The minimum Gasteiger partial charge on any atom is -0.485 e. The molecule has 2 N–H and O–H groups in total. The first kappa shape index (κ1) is 19.1. The summed E-state index contributed by atoms with van der Waals surface area (Å²) in [7, 11) is 0. The van der Waals surface area contributed by atoms with E-state index in [0.29, 0.717) is 16.5 Å². The van der Waals surface area contributed by atoms with E-state index in [0.717, 1.165) is 0 Å². The molecule has 0 saturated carbocycles. The number of para-hydroxylation sites is 2. The lowest BCUT2D eigenvalue weighted by atomic mass is 10.2. The van der Waals surface area contributed by atoms with Gasteiger partial charge < -0.3 is 14.2 Å². The molecule has 0 bridgehead atoms. The van der Waals surface area contributed by atoms with E-state index in [1.165, 1.54) is 6.92 Å². The summed E-state index contributed by atoms with van der Waals surface area (Å²) in [5, 5.41) is 0.513. The van der Waals surface area contributed by atoms with E-state index in [1.807, 2.05) is 0 Å². The molecule has 1 aliphatic rings. The van der Waals surface area contributed by atoms with Crippen LogP contribution in [-0.2, 0) is 9.59 Å². The number of carbonyl (C=O) groups is 2. The highest BCUT2D eigenvalue weighted by Crippen LogP contribution is 2.32. The first-order chi connectivity index (χ1) is 13.0. The number of carbonyl (C=O) groups excluding carboxylic acids is 2. The number of nitrogens with one attached hydrogen (secondary N) is 2. The predicted molar refractivity (Wildman–Crippen MR) is 99.2 cm³/mol. The van der Waals surface area contributed by atoms with Gasteiger partial charge in [0.05, 0.1) is 5.02 Å². The third-order valence-corrected chi connectivity index (χ3v) is 4.50. The maximum absolute atomic E-state index is 12.2. The second kappa shape index (κ2) is 8.37. The molecule has 0 aliphatic carbocycles. The highest BCUT2D eigenvalue weighted by atomic mass is 35.5. The average molecular weight is 411 g/mol. The minimum atomic E-state index is -0.925. The van der Waals surface area contributed by atoms with Crippen molar-refractivity contribution in [3.8, 4) is 17.2 Å². The zero-order valence-electron chi connectivity index (χ0n) is 14.2. The van der Waals surface area contributed by atoms with E-state index in [4.69, 9.17) is 37.4 Å². The largest absolute Gasteiger partial charge is 0.485 e. The Morgan fingerprint density at radius 1 is 1.11 bits per heavy atom. The maximum atomic E-state index is 12.2. The molecule has 2 aromatic rings. The van der Waals surface area contributed by atoms with Crippen molar-refractivity contribution in [2.24, 2.45) is 0 Å². The molecule has 2 amide bonds. The molecule has 1 aliphatic heterocycles. The average Bonchev–Trinajstić information content (AvgIpc) is 2.68. The Kier molecular flexibility index (Phi) is 5.93. The molecule has 2 aromatic carbocycles. The van der Waals surface area contributed by atoms with Gasteiger partial charge in [-0.3, -0.25) is 20.4 Å². The molecule has 2 atom stereocenters. The maximum Gasteiger partial charge on any atom is 0.283 e. The molecule has 0 fully saturated rings. The Bertz CT molecular complexity index is 861. The van der Waals surface area contributed by atoms with Gasteiger partial charge >= 0.3 is 0 Å². The zero-order chi connectivity index (χ0) is 19.4. The molecule has 0 radical (unpaired) electrons. The van der Waals surface area contributed by atoms with Crippen LogP contribution in [0.15, 0.2) is 42.5 Å². The highest BCUT2D eigenvalue weighted by molar-refractivity contribution is 6.42. The molecular formula is C18H16Cl2N2O5. The lowest BCUT2D eigenvalue weighted by molar-refractivity contribution is -0.137. The second-order valence-corrected chi connectivity index (χ2v) is 6.44. The van der Waals surface area contributed by atoms with Crippen LogP contribution in [-0.4, -0.2) is 30.6 Å². The Balaban J connectivity index is 1.51. The number of hydrogen-bond donors (Lipinski definition) is 2. The van der Waals surface area contributed by atoms with E-state index in [-0.39, 0.29) is 17.4 Å². The van der Waals surface area contributed by atoms with Crippen molar-refractivity contribution in [1.82, 2.24) is 10.9 Å². The molecule has 0 aromatic heterocycles. The van der Waals surface area contributed by atoms with Gasteiger partial charge in [0, 0.05) is 0 Å². The van der Waals surface area contributed by atoms with Crippen molar-refractivity contribution in [3.63, 3.8) is 0 Å². The highest BCUT2D eigenvalue weighted by Gasteiger charge is 2.28. The van der Waals surface area contributed by atoms with Gasteiger partial charge in [-0.25, -0.2) is 0 Å². The standard InChI is InChI=1S/C18H16Cl2N2O5/c1-10(26-14-8-4-5-11(19)16(14)20)17(23)21-22-18(24)15-9-25-12-6-2-3-7-13(12)27-15/h2-8,10,15H,9H2,1H3,(H,21,23)(H,22,24). The van der Waals surface area contributed by atoms with Crippen molar-refractivity contribution in [2.75, 3.05) is 6.61 Å². The summed E-state index contributed by atoms with van der Waals surface area (Å²) < 4.78 is 16.5. The summed E-state index contributed by atoms with van der Waals surface area (Å²) in [6, 6.07) is 11.8. The van der Waals surface area contributed by atoms with Crippen LogP contribution in [0.25, 0.3) is 0 Å². The van der Waals surface area contributed by atoms with Gasteiger partial charge in [-0.15, -0.1) is 0 Å². The smallest absolute Gasteiger partial charge is 0.283 e. The van der Waals surface area contributed by atoms with Crippen LogP contribution in [0, 0.1) is 0 Å². The minimum absolute atomic E-state index is 0.0306. The summed E-state index contributed by atoms with van der Waals surface area (Å²) in [6.07, 6.45) is -1.82. The number of rotatable bonds is 4. The van der Waals surface area contributed by atoms with Gasteiger partial charge in [0.15, 0.2) is 17.6 Å². The summed E-state index contributed by atoms with van der Waals surface area (Å²) >= 11 is 11.9. The summed E-state index contributed by atoms with van der Waals surface area (Å²) in [5.74, 6) is 0.162. The van der Waals surface area contributed by atoms with E-state index >= 15 is 0 Å². The number of amides is 2. The lowest BCUT2D eigenvalue weighted by Crippen LogP contribution is -2.53. The molecule has 0 spiro atoms. The number of ether oxygens (including phenoxy) is 3. The molecule has 27 heavy (non-hydrogen) atoms. The quantitative estimate of drug-likeness (QED) is 0.756. The fourth-order valence-corrected chi connectivity index (χ4v) is 2.61. The van der Waals surface area contributed by atoms with E-state index in [2.05, 4.69) is 10.9 Å². The van der Waals surface area contributed by atoms with Crippen LogP contribution in [0.1, 0.15) is 6.92 Å². The Morgan fingerprint density at radius 3 is 2.63 bits per heavy atom. The molecule has 0 saturated heterocycles. The Labute approximate surface area is 165 Å². The topological polar surface area (TPSA) is 85.9 Å². The molecule has 2 unspecified atom stereocenters. The normalized spacial score (nSPS) is 16.2. The first-order valence-corrected chi connectivity index (χ1v) is 8.80. The van der Waals surface area contributed by atoms with Crippen LogP contribution in [0.5, 0.6) is 17.2 Å². The molecule has 3 rings (SSSR count). The first-order valence-electron chi connectivity index (χ1n) is 8.04. The monoisotopic (exact) mass is 410 g/mol. The van der Waals surface area contributed by atoms with Crippen molar-refractivity contribution in [1.29, 1.82) is 0 Å².